The summed E-state index contributed by atoms with van der Waals surface area (Å²) in [4.78, 5) is 25.1. The molecular formula is C31H34ClF5N2O4. The van der Waals surface area contributed by atoms with Crippen LogP contribution in [0.1, 0.15) is 77.9 Å². The standard InChI is InChI=1S/C30H32ClF5N2O2.CH2O2/c31-24-4-3-21(30(34,35)36)13-20(24)16-37-10-8-29(33,9-11-37)18-40-26-15-25(32)23(14-22(26)19-1-2-19)27(39)38-12-7-28(17-38)5-6-28;2-1-3/h3-4,13-15,19H,1-2,5-12,16-18H2;1H,(H,2,3). The van der Waals surface area contributed by atoms with Crippen molar-refractivity contribution in [3.8, 4) is 5.75 Å². The molecule has 2 heterocycles. The van der Waals surface area contributed by atoms with Gasteiger partial charge >= 0.3 is 6.18 Å². The molecule has 1 amide bonds. The lowest BCUT2D eigenvalue weighted by Crippen LogP contribution is -2.44. The third-order valence-electron chi connectivity index (χ3n) is 9.04. The number of carbonyl (C=O) groups is 2. The molecule has 0 bridgehead atoms. The van der Waals surface area contributed by atoms with Gasteiger partial charge in [-0.1, -0.05) is 11.6 Å². The van der Waals surface area contributed by atoms with E-state index in [9.17, 15) is 18.0 Å². The van der Waals surface area contributed by atoms with E-state index in [1.165, 1.54) is 12.1 Å². The summed E-state index contributed by atoms with van der Waals surface area (Å²) in [6, 6.07) is 6.06. The van der Waals surface area contributed by atoms with Crippen LogP contribution in [0.15, 0.2) is 30.3 Å². The van der Waals surface area contributed by atoms with Crippen LogP contribution >= 0.6 is 11.6 Å². The van der Waals surface area contributed by atoms with Gasteiger partial charge in [0.25, 0.3) is 12.4 Å². The lowest BCUT2D eigenvalue weighted by molar-refractivity contribution is -0.137. The molecule has 6 rings (SSSR count). The number of hydrogen-bond acceptors (Lipinski definition) is 4. The summed E-state index contributed by atoms with van der Waals surface area (Å²) in [6.07, 6.45) is 0.829. The van der Waals surface area contributed by atoms with Crippen LogP contribution in [0.2, 0.25) is 5.02 Å². The van der Waals surface area contributed by atoms with Gasteiger partial charge in [0, 0.05) is 43.8 Å². The summed E-state index contributed by atoms with van der Waals surface area (Å²) in [5.41, 5.74) is -1.02. The van der Waals surface area contributed by atoms with Gasteiger partial charge in [-0.25, -0.2) is 8.78 Å². The second kappa shape index (κ2) is 12.2. The maximum Gasteiger partial charge on any atom is 0.416 e. The fourth-order valence-electron chi connectivity index (χ4n) is 6.01. The third kappa shape index (κ3) is 7.42. The Kier molecular flexibility index (Phi) is 8.96. The van der Waals surface area contributed by atoms with Crippen LogP contribution in [-0.4, -0.2) is 65.7 Å². The molecule has 2 aliphatic carbocycles. The molecule has 1 spiro atoms. The maximum atomic E-state index is 15.7. The number of halogens is 6. The zero-order valence-corrected chi connectivity index (χ0v) is 24.3. The number of piperidine rings is 1. The van der Waals surface area contributed by atoms with Crippen molar-refractivity contribution in [1.82, 2.24) is 9.80 Å². The van der Waals surface area contributed by atoms with Crippen molar-refractivity contribution in [3.05, 3.63) is 63.4 Å². The first-order valence-electron chi connectivity index (χ1n) is 14.5. The summed E-state index contributed by atoms with van der Waals surface area (Å²) >= 11 is 6.14. The molecule has 1 N–H and O–H groups in total. The monoisotopic (exact) mass is 628 g/mol. The predicted octanol–water partition coefficient (Wildman–Crippen LogP) is 7.09. The summed E-state index contributed by atoms with van der Waals surface area (Å²) in [7, 11) is 0. The first kappa shape index (κ1) is 31.5. The Hall–Kier alpha value is -2.92. The summed E-state index contributed by atoms with van der Waals surface area (Å²) in [5.74, 6) is -0.483. The molecular weight excluding hydrogens is 595 g/mol. The van der Waals surface area contributed by atoms with Crippen molar-refractivity contribution in [3.63, 3.8) is 0 Å². The van der Waals surface area contributed by atoms with E-state index in [1.54, 1.807) is 11.0 Å². The second-order valence-electron chi connectivity index (χ2n) is 12.2. The number of ether oxygens (including phenoxy) is 1. The molecule has 2 aliphatic heterocycles. The van der Waals surface area contributed by atoms with Gasteiger partial charge in [-0.15, -0.1) is 0 Å². The summed E-state index contributed by atoms with van der Waals surface area (Å²) in [5, 5.41) is 7.13. The highest BCUT2D eigenvalue weighted by Crippen LogP contribution is 2.53. The molecule has 6 nitrogen and oxygen atoms in total. The van der Waals surface area contributed by atoms with Gasteiger partial charge in [0.1, 0.15) is 23.8 Å². The van der Waals surface area contributed by atoms with E-state index in [1.807, 2.05) is 4.90 Å². The van der Waals surface area contributed by atoms with Crippen LogP contribution in [0.3, 0.4) is 0 Å². The molecule has 4 aliphatic rings. The minimum Gasteiger partial charge on any atom is -0.490 e. The normalized spacial score (nSPS) is 20.8. The SMILES string of the molecule is O=C(c1cc(C2CC2)c(OCC2(F)CCN(Cc3cc(C(F)(F)F)ccc3Cl)CC2)cc1F)N1CCC2(CC2)C1.O=CO. The minimum atomic E-state index is -4.47. The molecule has 2 aromatic carbocycles. The van der Waals surface area contributed by atoms with Crippen molar-refractivity contribution in [2.45, 2.75) is 69.3 Å². The van der Waals surface area contributed by atoms with Crippen molar-refractivity contribution in [2.75, 3.05) is 32.8 Å². The second-order valence-corrected chi connectivity index (χ2v) is 12.7. The molecule has 43 heavy (non-hydrogen) atoms. The lowest BCUT2D eigenvalue weighted by atomic mass is 9.93. The van der Waals surface area contributed by atoms with Gasteiger partial charge in [0.15, 0.2) is 0 Å². The molecule has 0 radical (unpaired) electrons. The van der Waals surface area contributed by atoms with Gasteiger partial charge in [0.05, 0.1) is 11.1 Å². The lowest BCUT2D eigenvalue weighted by Gasteiger charge is -2.36. The Morgan fingerprint density at radius 2 is 1.74 bits per heavy atom. The molecule has 0 unspecified atom stereocenters. The molecule has 0 atom stereocenters. The third-order valence-corrected chi connectivity index (χ3v) is 9.40. The van der Waals surface area contributed by atoms with E-state index in [0.717, 1.165) is 49.8 Å². The molecule has 234 valence electrons. The van der Waals surface area contributed by atoms with E-state index in [-0.39, 0.29) is 66.0 Å². The number of amides is 1. The molecule has 12 heteroatoms. The Balaban J connectivity index is 0.00000118. The number of rotatable bonds is 7. The predicted molar refractivity (Wildman–Crippen MR) is 150 cm³/mol. The van der Waals surface area contributed by atoms with Crippen molar-refractivity contribution >= 4 is 24.0 Å². The number of nitrogens with zero attached hydrogens (tertiary/aromatic N) is 2. The highest BCUT2D eigenvalue weighted by Gasteiger charge is 2.49. The topological polar surface area (TPSA) is 70.1 Å². The van der Waals surface area contributed by atoms with E-state index in [4.69, 9.17) is 26.2 Å². The van der Waals surface area contributed by atoms with Crippen molar-refractivity contribution in [1.29, 1.82) is 0 Å². The van der Waals surface area contributed by atoms with E-state index >= 15 is 8.78 Å². The van der Waals surface area contributed by atoms with E-state index < -0.39 is 23.2 Å². The van der Waals surface area contributed by atoms with Gasteiger partial charge in [0.2, 0.25) is 0 Å². The number of benzene rings is 2. The zero-order valence-electron chi connectivity index (χ0n) is 23.6. The highest BCUT2D eigenvalue weighted by atomic mass is 35.5. The average molecular weight is 629 g/mol. The number of carbonyl (C=O) groups excluding carboxylic acids is 1. The largest absolute Gasteiger partial charge is 0.490 e. The van der Waals surface area contributed by atoms with Crippen molar-refractivity contribution < 1.29 is 41.4 Å². The van der Waals surface area contributed by atoms with Gasteiger partial charge in [-0.3, -0.25) is 14.5 Å². The van der Waals surface area contributed by atoms with Crippen LogP contribution in [0.25, 0.3) is 0 Å². The first-order chi connectivity index (χ1) is 20.4. The van der Waals surface area contributed by atoms with E-state index in [2.05, 4.69) is 0 Å². The smallest absolute Gasteiger partial charge is 0.416 e. The van der Waals surface area contributed by atoms with Crippen LogP contribution in [0.5, 0.6) is 5.75 Å². The van der Waals surface area contributed by atoms with E-state index in [0.29, 0.717) is 31.7 Å². The molecule has 2 aromatic rings. The fraction of sp³-hybridized carbons (Fsp3) is 0.548. The maximum absolute atomic E-state index is 15.7. The van der Waals surface area contributed by atoms with Crippen molar-refractivity contribution in [2.24, 2.45) is 5.41 Å². The van der Waals surface area contributed by atoms with Gasteiger partial charge < -0.3 is 14.7 Å². The van der Waals surface area contributed by atoms with Gasteiger partial charge in [-0.05, 0) is 91.7 Å². The molecule has 2 saturated heterocycles. The van der Waals surface area contributed by atoms with Crippen LogP contribution in [-0.2, 0) is 17.5 Å². The molecule has 2 saturated carbocycles. The number of likely N-dealkylation sites (tertiary alicyclic amines) is 2. The number of hydrogen-bond donors (Lipinski definition) is 1. The minimum absolute atomic E-state index is 0.0588. The first-order valence-corrected chi connectivity index (χ1v) is 14.8. The Bertz CT molecular complexity index is 1350. The number of alkyl halides is 4. The zero-order chi connectivity index (χ0) is 31.0. The molecule has 0 aromatic heterocycles. The van der Waals surface area contributed by atoms with Gasteiger partial charge in [-0.2, -0.15) is 13.2 Å². The van der Waals surface area contributed by atoms with Crippen LogP contribution in [0.4, 0.5) is 22.0 Å². The Morgan fingerprint density at radius 1 is 1.07 bits per heavy atom. The highest BCUT2D eigenvalue weighted by molar-refractivity contribution is 6.31. The average Bonchev–Trinajstić information content (AvgIpc) is 3.88. The Labute approximate surface area is 251 Å². The van der Waals surface area contributed by atoms with Crippen LogP contribution in [0, 0.1) is 11.2 Å². The fourth-order valence-corrected chi connectivity index (χ4v) is 6.19. The number of carboxylic acid groups (broad SMARTS) is 1. The quantitative estimate of drug-likeness (QED) is 0.262. The Morgan fingerprint density at radius 3 is 2.33 bits per heavy atom. The summed E-state index contributed by atoms with van der Waals surface area (Å²) in [6.45, 7) is 1.65. The summed E-state index contributed by atoms with van der Waals surface area (Å²) < 4.78 is 76.1. The van der Waals surface area contributed by atoms with Crippen LogP contribution < -0.4 is 4.74 Å². The molecule has 4 fully saturated rings.